The smallest absolute Gasteiger partial charge is 0.106 e. The van der Waals surface area contributed by atoms with Gasteiger partial charge in [0.25, 0.3) is 0 Å². The molecular weight excluding hydrogens is 230 g/mol. The Hall–Kier alpha value is -1.13. The Morgan fingerprint density at radius 2 is 2.18 bits per heavy atom. The van der Waals surface area contributed by atoms with E-state index in [0.29, 0.717) is 0 Å². The maximum absolute atomic E-state index is 5.47. The highest BCUT2D eigenvalue weighted by Crippen LogP contribution is 2.26. The fourth-order valence-electron chi connectivity index (χ4n) is 1.81. The van der Waals surface area contributed by atoms with Crippen LogP contribution in [-0.2, 0) is 6.42 Å². The van der Waals surface area contributed by atoms with Gasteiger partial charge >= 0.3 is 0 Å². The average molecular weight is 249 g/mol. The van der Waals surface area contributed by atoms with Crippen LogP contribution >= 0.6 is 11.3 Å². The van der Waals surface area contributed by atoms with Gasteiger partial charge in [0.05, 0.1) is 16.8 Å². The Morgan fingerprint density at radius 1 is 1.29 bits per heavy atom. The summed E-state index contributed by atoms with van der Waals surface area (Å²) in [5.74, 6) is 1.09. The van der Waals surface area contributed by atoms with E-state index in [9.17, 15) is 0 Å². The summed E-state index contributed by atoms with van der Waals surface area (Å²) >= 11 is 1.80. The van der Waals surface area contributed by atoms with Gasteiger partial charge < -0.3 is 10.7 Å². The van der Waals surface area contributed by atoms with Crippen molar-refractivity contribution in [2.24, 2.45) is 5.73 Å². The molecule has 0 aliphatic carbocycles. The molecular formula is C13H19N3S. The molecule has 2 aromatic heterocycles. The molecule has 0 radical (unpaired) electrons. The van der Waals surface area contributed by atoms with Crippen LogP contribution in [-0.4, -0.2) is 16.5 Å². The molecule has 0 saturated heterocycles. The fourth-order valence-corrected chi connectivity index (χ4v) is 2.64. The normalized spacial score (nSPS) is 10.9. The number of hydrogen-bond acceptors (Lipinski definition) is 3. The number of rotatable bonds is 6. The number of nitrogens with one attached hydrogen (secondary N) is 1. The van der Waals surface area contributed by atoms with E-state index in [0.717, 1.165) is 37.3 Å². The Labute approximate surface area is 106 Å². The molecule has 2 rings (SSSR count). The van der Waals surface area contributed by atoms with Crippen LogP contribution in [0.25, 0.3) is 10.6 Å². The van der Waals surface area contributed by atoms with Gasteiger partial charge in [-0.15, -0.1) is 11.3 Å². The Kier molecular flexibility index (Phi) is 4.34. The third-order valence-electron chi connectivity index (χ3n) is 2.75. The second-order valence-electron chi connectivity index (χ2n) is 4.25. The number of aromatic nitrogens is 2. The molecule has 0 saturated carbocycles. The molecule has 92 valence electrons. The van der Waals surface area contributed by atoms with E-state index in [1.54, 1.807) is 11.3 Å². The zero-order valence-corrected chi connectivity index (χ0v) is 11.0. The van der Waals surface area contributed by atoms with E-state index >= 15 is 0 Å². The fraction of sp³-hybridized carbons (Fsp3) is 0.462. The number of aromatic amines is 1. The minimum absolute atomic E-state index is 0.790. The third kappa shape index (κ3) is 3.41. The average Bonchev–Trinajstić information content (AvgIpc) is 2.93. The van der Waals surface area contributed by atoms with Crippen LogP contribution in [0.15, 0.2) is 18.3 Å². The van der Waals surface area contributed by atoms with Gasteiger partial charge in [0.1, 0.15) is 5.82 Å². The van der Waals surface area contributed by atoms with Gasteiger partial charge in [-0.3, -0.25) is 0 Å². The van der Waals surface area contributed by atoms with E-state index in [-0.39, 0.29) is 0 Å². The number of nitrogens with two attached hydrogens (primary N) is 1. The summed E-state index contributed by atoms with van der Waals surface area (Å²) in [6.07, 6.45) is 6.41. The van der Waals surface area contributed by atoms with Crippen molar-refractivity contribution in [1.82, 2.24) is 9.97 Å². The molecule has 0 aliphatic rings. The monoisotopic (exact) mass is 249 g/mol. The van der Waals surface area contributed by atoms with Gasteiger partial charge in [-0.1, -0.05) is 6.42 Å². The van der Waals surface area contributed by atoms with Crippen molar-refractivity contribution < 1.29 is 0 Å². The second kappa shape index (κ2) is 5.98. The summed E-state index contributed by atoms with van der Waals surface area (Å²) in [5, 5.41) is 0. The van der Waals surface area contributed by atoms with Crippen molar-refractivity contribution in [1.29, 1.82) is 0 Å². The maximum atomic E-state index is 5.47. The molecule has 3 nitrogen and oxygen atoms in total. The van der Waals surface area contributed by atoms with Crippen molar-refractivity contribution in [2.45, 2.75) is 32.6 Å². The lowest BCUT2D eigenvalue weighted by Gasteiger charge is -1.96. The molecule has 0 aromatic carbocycles. The molecule has 17 heavy (non-hydrogen) atoms. The summed E-state index contributed by atoms with van der Waals surface area (Å²) in [5.41, 5.74) is 6.60. The molecule has 0 amide bonds. The highest BCUT2D eigenvalue weighted by atomic mass is 32.1. The van der Waals surface area contributed by atoms with Crippen molar-refractivity contribution in [2.75, 3.05) is 6.54 Å². The molecule has 2 heterocycles. The molecule has 0 unspecified atom stereocenters. The van der Waals surface area contributed by atoms with Crippen molar-refractivity contribution in [3.8, 4) is 10.6 Å². The van der Waals surface area contributed by atoms with Gasteiger partial charge in [-0.2, -0.15) is 0 Å². The number of unbranched alkanes of at least 4 members (excludes halogenated alkanes) is 2. The van der Waals surface area contributed by atoms with Gasteiger partial charge in [-0.05, 0) is 38.4 Å². The first-order valence-corrected chi connectivity index (χ1v) is 6.92. The summed E-state index contributed by atoms with van der Waals surface area (Å²) < 4.78 is 0. The zero-order valence-electron chi connectivity index (χ0n) is 10.2. The van der Waals surface area contributed by atoms with E-state index in [2.05, 4.69) is 29.0 Å². The molecule has 0 atom stereocenters. The van der Waals surface area contributed by atoms with Crippen molar-refractivity contribution in [3.63, 3.8) is 0 Å². The molecule has 4 heteroatoms. The summed E-state index contributed by atoms with van der Waals surface area (Å²) in [6, 6.07) is 4.29. The molecule has 0 aliphatic heterocycles. The lowest BCUT2D eigenvalue weighted by atomic mass is 10.2. The largest absolute Gasteiger partial charge is 0.341 e. The van der Waals surface area contributed by atoms with Crippen LogP contribution in [0.3, 0.4) is 0 Å². The van der Waals surface area contributed by atoms with Crippen LogP contribution in [0, 0.1) is 6.92 Å². The topological polar surface area (TPSA) is 54.7 Å². The Bertz CT molecular complexity index is 459. The highest BCUT2D eigenvalue weighted by Gasteiger charge is 2.04. The van der Waals surface area contributed by atoms with Crippen LogP contribution in [0.5, 0.6) is 0 Å². The summed E-state index contributed by atoms with van der Waals surface area (Å²) in [4.78, 5) is 10.4. The molecule has 0 spiro atoms. The van der Waals surface area contributed by atoms with Gasteiger partial charge in [0.15, 0.2) is 0 Å². The number of nitrogens with zero attached hydrogens (tertiary/aromatic N) is 1. The van der Waals surface area contributed by atoms with Crippen LogP contribution in [0.4, 0.5) is 0 Å². The summed E-state index contributed by atoms with van der Waals surface area (Å²) in [7, 11) is 0. The first kappa shape index (κ1) is 12.3. The van der Waals surface area contributed by atoms with Crippen LogP contribution < -0.4 is 5.73 Å². The van der Waals surface area contributed by atoms with E-state index in [4.69, 9.17) is 5.73 Å². The van der Waals surface area contributed by atoms with Crippen LogP contribution in [0.1, 0.15) is 30.0 Å². The van der Waals surface area contributed by atoms with Gasteiger partial charge in [0, 0.05) is 11.3 Å². The lowest BCUT2D eigenvalue weighted by Crippen LogP contribution is -1.98. The number of aryl methyl sites for hydroxylation is 2. The minimum Gasteiger partial charge on any atom is -0.341 e. The van der Waals surface area contributed by atoms with Crippen molar-refractivity contribution in [3.05, 3.63) is 29.0 Å². The Morgan fingerprint density at radius 3 is 2.88 bits per heavy atom. The predicted molar refractivity (Wildman–Crippen MR) is 73.2 cm³/mol. The summed E-state index contributed by atoms with van der Waals surface area (Å²) in [6.45, 7) is 2.91. The van der Waals surface area contributed by atoms with E-state index in [1.165, 1.54) is 16.2 Å². The highest BCUT2D eigenvalue weighted by molar-refractivity contribution is 7.15. The van der Waals surface area contributed by atoms with Crippen LogP contribution in [0.2, 0.25) is 0 Å². The van der Waals surface area contributed by atoms with E-state index < -0.39 is 0 Å². The van der Waals surface area contributed by atoms with Gasteiger partial charge in [0.2, 0.25) is 0 Å². The quantitative estimate of drug-likeness (QED) is 0.773. The number of hydrogen-bond donors (Lipinski definition) is 2. The molecule has 0 bridgehead atoms. The minimum atomic E-state index is 0.790. The SMILES string of the molecule is Cc1ccc(-c2cnc(CCCCCN)[nH]2)s1. The molecule has 2 aromatic rings. The molecule has 3 N–H and O–H groups in total. The van der Waals surface area contributed by atoms with E-state index in [1.807, 2.05) is 6.20 Å². The number of imidazole rings is 1. The third-order valence-corrected chi connectivity index (χ3v) is 3.79. The van der Waals surface area contributed by atoms with Crippen molar-refractivity contribution >= 4 is 11.3 Å². The maximum Gasteiger partial charge on any atom is 0.106 e. The standard InChI is InChI=1S/C13H19N3S/c1-10-6-7-12(17-10)11-9-15-13(16-11)5-3-2-4-8-14/h6-7,9H,2-5,8,14H2,1H3,(H,15,16). The second-order valence-corrected chi connectivity index (χ2v) is 5.54. The number of thiophene rings is 1. The lowest BCUT2D eigenvalue weighted by molar-refractivity contribution is 0.673. The predicted octanol–water partition coefficient (Wildman–Crippen LogP) is 3.12. The number of H-pyrrole nitrogens is 1. The van der Waals surface area contributed by atoms with Gasteiger partial charge in [-0.25, -0.2) is 4.98 Å². The zero-order chi connectivity index (χ0) is 12.1. The first-order chi connectivity index (χ1) is 8.29. The first-order valence-electron chi connectivity index (χ1n) is 6.10. The molecule has 0 fully saturated rings. The Balaban J connectivity index is 1.92.